The van der Waals surface area contributed by atoms with E-state index in [1.165, 1.54) is 25.3 Å². The molecule has 0 amide bonds. The standard InChI is InChI=1S/C14H21NO5S/c1-6-20-12-10(13(16)19-5)8-7-9-11(12)21(17,18)15-14(2,3)4/h7-9,15H,6H2,1-5H3. The number of nitrogens with one attached hydrogen (secondary N) is 1. The van der Waals surface area contributed by atoms with Crippen molar-refractivity contribution in [3.8, 4) is 5.75 Å². The van der Waals surface area contributed by atoms with Gasteiger partial charge in [0.25, 0.3) is 0 Å². The van der Waals surface area contributed by atoms with Crippen LogP contribution < -0.4 is 9.46 Å². The molecule has 0 saturated heterocycles. The summed E-state index contributed by atoms with van der Waals surface area (Å²) in [4.78, 5) is 11.7. The van der Waals surface area contributed by atoms with Crippen LogP contribution in [0.5, 0.6) is 5.75 Å². The summed E-state index contributed by atoms with van der Waals surface area (Å²) in [5, 5.41) is 0. The topological polar surface area (TPSA) is 81.7 Å². The van der Waals surface area contributed by atoms with Crippen LogP contribution in [0.25, 0.3) is 0 Å². The highest BCUT2D eigenvalue weighted by Crippen LogP contribution is 2.29. The van der Waals surface area contributed by atoms with E-state index in [9.17, 15) is 13.2 Å². The number of esters is 1. The van der Waals surface area contributed by atoms with Gasteiger partial charge in [-0.15, -0.1) is 0 Å². The number of methoxy groups -OCH3 is 1. The van der Waals surface area contributed by atoms with Gasteiger partial charge in [-0.1, -0.05) is 6.07 Å². The third kappa shape index (κ3) is 4.44. The zero-order chi connectivity index (χ0) is 16.3. The van der Waals surface area contributed by atoms with Crippen molar-refractivity contribution >= 4 is 16.0 Å². The SMILES string of the molecule is CCOc1c(C(=O)OC)cccc1S(=O)(=O)NC(C)(C)C. The second-order valence-corrected chi connectivity index (χ2v) is 7.06. The smallest absolute Gasteiger partial charge is 0.341 e. The van der Waals surface area contributed by atoms with Gasteiger partial charge in [-0.2, -0.15) is 0 Å². The summed E-state index contributed by atoms with van der Waals surface area (Å²) in [6.07, 6.45) is 0. The highest BCUT2D eigenvalue weighted by Gasteiger charge is 2.28. The molecule has 0 aliphatic rings. The Hall–Kier alpha value is -1.60. The van der Waals surface area contributed by atoms with Gasteiger partial charge in [0.1, 0.15) is 10.5 Å². The Morgan fingerprint density at radius 2 is 1.90 bits per heavy atom. The van der Waals surface area contributed by atoms with Crippen LogP contribution in [0.3, 0.4) is 0 Å². The van der Waals surface area contributed by atoms with E-state index in [4.69, 9.17) is 4.74 Å². The molecule has 1 aromatic rings. The minimum Gasteiger partial charge on any atom is -0.492 e. The van der Waals surface area contributed by atoms with E-state index in [0.29, 0.717) is 0 Å². The van der Waals surface area contributed by atoms with Crippen molar-refractivity contribution in [2.24, 2.45) is 0 Å². The minimum atomic E-state index is -3.82. The van der Waals surface area contributed by atoms with E-state index in [-0.39, 0.29) is 22.8 Å². The van der Waals surface area contributed by atoms with E-state index in [1.807, 2.05) is 0 Å². The monoisotopic (exact) mass is 315 g/mol. The van der Waals surface area contributed by atoms with Gasteiger partial charge in [0.05, 0.1) is 13.7 Å². The minimum absolute atomic E-state index is 0.00333. The highest BCUT2D eigenvalue weighted by atomic mass is 32.2. The molecular formula is C14H21NO5S. The molecule has 0 aliphatic carbocycles. The third-order valence-electron chi connectivity index (χ3n) is 2.40. The number of hydrogen-bond donors (Lipinski definition) is 1. The molecule has 0 aliphatic heterocycles. The molecule has 0 saturated carbocycles. The summed E-state index contributed by atoms with van der Waals surface area (Å²) in [5.74, 6) is -0.644. The maximum Gasteiger partial charge on any atom is 0.341 e. The van der Waals surface area contributed by atoms with Crippen LogP contribution in [0.2, 0.25) is 0 Å². The maximum atomic E-state index is 12.5. The van der Waals surface area contributed by atoms with Crippen molar-refractivity contribution in [1.29, 1.82) is 0 Å². The Kier molecular flexibility index (Phi) is 5.36. The molecule has 0 aromatic heterocycles. The van der Waals surface area contributed by atoms with Crippen LogP contribution in [0.15, 0.2) is 23.1 Å². The third-order valence-corrected chi connectivity index (χ3v) is 4.18. The first-order chi connectivity index (χ1) is 9.62. The zero-order valence-corrected chi connectivity index (χ0v) is 13.7. The first-order valence-electron chi connectivity index (χ1n) is 6.50. The second kappa shape index (κ2) is 6.44. The van der Waals surface area contributed by atoms with Crippen molar-refractivity contribution in [3.05, 3.63) is 23.8 Å². The van der Waals surface area contributed by atoms with Gasteiger partial charge < -0.3 is 9.47 Å². The second-order valence-electron chi connectivity index (χ2n) is 5.41. The average molecular weight is 315 g/mol. The van der Waals surface area contributed by atoms with Crippen LogP contribution in [0.1, 0.15) is 38.1 Å². The molecule has 0 spiro atoms. The molecule has 0 bridgehead atoms. The Labute approximate surface area is 125 Å². The van der Waals surface area contributed by atoms with Crippen LogP contribution in [-0.4, -0.2) is 33.6 Å². The highest BCUT2D eigenvalue weighted by molar-refractivity contribution is 7.89. The van der Waals surface area contributed by atoms with Gasteiger partial charge in [-0.05, 0) is 39.8 Å². The molecule has 1 rings (SSSR count). The molecule has 0 unspecified atom stereocenters. The molecule has 0 fully saturated rings. The molecular weight excluding hydrogens is 294 g/mol. The fourth-order valence-corrected chi connectivity index (χ4v) is 3.34. The normalized spacial score (nSPS) is 12.0. The maximum absolute atomic E-state index is 12.5. The first-order valence-corrected chi connectivity index (χ1v) is 7.99. The van der Waals surface area contributed by atoms with Gasteiger partial charge in [0, 0.05) is 5.54 Å². The summed E-state index contributed by atoms with van der Waals surface area (Å²) in [6.45, 7) is 7.13. The first kappa shape index (κ1) is 17.5. The largest absolute Gasteiger partial charge is 0.492 e. The predicted octanol–water partition coefficient (Wildman–Crippen LogP) is 1.95. The van der Waals surface area contributed by atoms with Gasteiger partial charge in [-0.25, -0.2) is 17.9 Å². The number of carbonyl (C=O) groups excluding carboxylic acids is 1. The molecule has 118 valence electrons. The number of hydrogen-bond acceptors (Lipinski definition) is 5. The van der Waals surface area contributed by atoms with E-state index in [2.05, 4.69) is 9.46 Å². The quantitative estimate of drug-likeness (QED) is 0.840. The van der Waals surface area contributed by atoms with Crippen molar-refractivity contribution in [1.82, 2.24) is 4.72 Å². The summed E-state index contributed by atoms with van der Waals surface area (Å²) in [5.41, 5.74) is -0.569. The number of ether oxygens (including phenoxy) is 2. The summed E-state index contributed by atoms with van der Waals surface area (Å²) >= 11 is 0. The van der Waals surface area contributed by atoms with E-state index in [0.717, 1.165) is 0 Å². The average Bonchev–Trinajstić information content (AvgIpc) is 2.35. The van der Waals surface area contributed by atoms with Crippen molar-refractivity contribution in [2.75, 3.05) is 13.7 Å². The Morgan fingerprint density at radius 3 is 2.38 bits per heavy atom. The molecule has 1 aromatic carbocycles. The Bertz CT molecular complexity index is 617. The molecule has 21 heavy (non-hydrogen) atoms. The lowest BCUT2D eigenvalue weighted by Crippen LogP contribution is -2.40. The number of benzene rings is 1. The van der Waals surface area contributed by atoms with E-state index in [1.54, 1.807) is 27.7 Å². The molecule has 7 heteroatoms. The fraction of sp³-hybridized carbons (Fsp3) is 0.500. The number of carbonyl (C=O) groups is 1. The predicted molar refractivity (Wildman–Crippen MR) is 79.0 cm³/mol. The van der Waals surface area contributed by atoms with Crippen molar-refractivity contribution in [3.63, 3.8) is 0 Å². The fourth-order valence-electron chi connectivity index (χ4n) is 1.75. The van der Waals surface area contributed by atoms with Crippen LogP contribution >= 0.6 is 0 Å². The number of rotatable bonds is 5. The van der Waals surface area contributed by atoms with Gasteiger partial charge >= 0.3 is 5.97 Å². The lowest BCUT2D eigenvalue weighted by Gasteiger charge is -2.22. The lowest BCUT2D eigenvalue weighted by molar-refractivity contribution is 0.0595. The van der Waals surface area contributed by atoms with Gasteiger partial charge in [-0.3, -0.25) is 0 Å². The number of sulfonamides is 1. The molecule has 0 heterocycles. The van der Waals surface area contributed by atoms with Crippen molar-refractivity contribution < 1.29 is 22.7 Å². The van der Waals surface area contributed by atoms with Crippen molar-refractivity contribution in [2.45, 2.75) is 38.1 Å². The van der Waals surface area contributed by atoms with E-state index < -0.39 is 21.5 Å². The van der Waals surface area contributed by atoms with Gasteiger partial charge in [0.2, 0.25) is 10.0 Å². The summed E-state index contributed by atoms with van der Waals surface area (Å²) in [6, 6.07) is 4.34. The molecule has 6 nitrogen and oxygen atoms in total. The molecule has 0 atom stereocenters. The number of para-hydroxylation sites is 1. The summed E-state index contributed by atoms with van der Waals surface area (Å²) in [7, 11) is -2.59. The Morgan fingerprint density at radius 1 is 1.29 bits per heavy atom. The van der Waals surface area contributed by atoms with Gasteiger partial charge in [0.15, 0.2) is 5.75 Å². The van der Waals surface area contributed by atoms with Crippen LogP contribution in [0.4, 0.5) is 0 Å². The van der Waals surface area contributed by atoms with E-state index >= 15 is 0 Å². The molecule has 0 radical (unpaired) electrons. The molecule has 1 N–H and O–H groups in total. The van der Waals surface area contributed by atoms with Crippen LogP contribution in [-0.2, 0) is 14.8 Å². The Balaban J connectivity index is 3.45. The zero-order valence-electron chi connectivity index (χ0n) is 12.9. The van der Waals surface area contributed by atoms with Crippen LogP contribution in [0, 0.1) is 0 Å². The lowest BCUT2D eigenvalue weighted by atomic mass is 10.1. The summed E-state index contributed by atoms with van der Waals surface area (Å²) < 4.78 is 37.5.